The molecule has 0 saturated heterocycles. The fourth-order valence-electron chi connectivity index (χ4n) is 1.16. The van der Waals surface area contributed by atoms with Crippen LogP contribution < -0.4 is 0 Å². The summed E-state index contributed by atoms with van der Waals surface area (Å²) in [5.41, 5.74) is 0. The summed E-state index contributed by atoms with van der Waals surface area (Å²) in [6, 6.07) is 12.5. The van der Waals surface area contributed by atoms with E-state index in [9.17, 15) is 17.3 Å². The molecule has 0 saturated carbocycles. The normalized spacial score (nSPS) is 10.8. The summed E-state index contributed by atoms with van der Waals surface area (Å²) in [5.74, 6) is -0.177. The summed E-state index contributed by atoms with van der Waals surface area (Å²) in [6.45, 7) is 0. The van der Waals surface area contributed by atoms with Crippen molar-refractivity contribution in [3.05, 3.63) is 48.3 Å². The standard InChI is InChI=1S/C10H7F.CH3FO3S/c11-10-6-5-8-3-1-2-4-9(8)7-10;1-6(3,4)5-2/h1-7H;1H3. The van der Waals surface area contributed by atoms with Crippen molar-refractivity contribution in [1.82, 2.24) is 0 Å². The quantitative estimate of drug-likeness (QED) is 0.791. The van der Waals surface area contributed by atoms with Crippen LogP contribution in [0.5, 0.6) is 0 Å². The van der Waals surface area contributed by atoms with Crippen LogP contribution in [0.15, 0.2) is 42.5 Å². The summed E-state index contributed by atoms with van der Waals surface area (Å²) in [7, 11) is -3.83. The van der Waals surface area contributed by atoms with Gasteiger partial charge < -0.3 is 0 Å². The van der Waals surface area contributed by atoms with Gasteiger partial charge in [-0.15, -0.1) is 0 Å². The van der Waals surface area contributed by atoms with E-state index in [1.807, 2.05) is 24.3 Å². The van der Waals surface area contributed by atoms with Gasteiger partial charge in [0.2, 0.25) is 0 Å². The van der Waals surface area contributed by atoms with E-state index in [0.29, 0.717) is 6.26 Å². The Morgan fingerprint density at radius 2 is 1.59 bits per heavy atom. The van der Waals surface area contributed by atoms with Gasteiger partial charge in [0.25, 0.3) is 10.1 Å². The van der Waals surface area contributed by atoms with Crippen molar-refractivity contribution in [2.45, 2.75) is 0 Å². The van der Waals surface area contributed by atoms with E-state index < -0.39 is 10.1 Å². The predicted octanol–water partition coefficient (Wildman–Crippen LogP) is 2.83. The maximum atomic E-state index is 12.6. The molecule has 0 N–H and O–H groups in total. The molecule has 0 atom stereocenters. The first-order valence-corrected chi connectivity index (χ1v) is 6.38. The maximum Gasteiger partial charge on any atom is 0.295 e. The first-order chi connectivity index (χ1) is 7.92. The molecule has 17 heavy (non-hydrogen) atoms. The minimum Gasteiger partial charge on any atom is -0.207 e. The van der Waals surface area contributed by atoms with Crippen molar-refractivity contribution in [3.8, 4) is 0 Å². The highest BCUT2D eigenvalue weighted by Crippen LogP contribution is 2.13. The third kappa shape index (κ3) is 4.88. The van der Waals surface area contributed by atoms with E-state index >= 15 is 0 Å². The predicted molar refractivity (Wildman–Crippen MR) is 60.9 cm³/mol. The van der Waals surface area contributed by atoms with Gasteiger partial charge in [-0.3, -0.25) is 0 Å². The van der Waals surface area contributed by atoms with Crippen LogP contribution in [-0.2, 0) is 14.5 Å². The smallest absolute Gasteiger partial charge is 0.207 e. The Balaban J connectivity index is 0.000000209. The average Bonchev–Trinajstić information content (AvgIpc) is 2.29. The Hall–Kier alpha value is -1.53. The highest BCUT2D eigenvalue weighted by molar-refractivity contribution is 7.85. The summed E-state index contributed by atoms with van der Waals surface area (Å²) < 4.78 is 44.3. The highest BCUT2D eigenvalue weighted by atomic mass is 32.2. The van der Waals surface area contributed by atoms with Crippen molar-refractivity contribution < 1.29 is 21.7 Å². The van der Waals surface area contributed by atoms with Crippen LogP contribution in [0.25, 0.3) is 10.8 Å². The maximum absolute atomic E-state index is 12.6. The van der Waals surface area contributed by atoms with Crippen LogP contribution in [-0.4, -0.2) is 14.7 Å². The Bertz CT molecular complexity index is 596. The number of hydrogen-bond donors (Lipinski definition) is 0. The lowest BCUT2D eigenvalue weighted by molar-refractivity contribution is 0.00420. The second-order valence-corrected chi connectivity index (χ2v) is 4.79. The fraction of sp³-hybridized carbons (Fsp3) is 0.0909. The molecule has 0 bridgehead atoms. The number of hydrogen-bond acceptors (Lipinski definition) is 3. The third-order valence-electron chi connectivity index (χ3n) is 1.83. The number of benzene rings is 2. The largest absolute Gasteiger partial charge is 0.295 e. The summed E-state index contributed by atoms with van der Waals surface area (Å²) >= 11 is 0. The molecule has 3 nitrogen and oxygen atoms in total. The van der Waals surface area contributed by atoms with E-state index in [1.165, 1.54) is 12.1 Å². The van der Waals surface area contributed by atoms with Gasteiger partial charge in [-0.25, -0.2) is 4.39 Å². The monoisotopic (exact) mass is 260 g/mol. The van der Waals surface area contributed by atoms with E-state index in [-0.39, 0.29) is 5.82 Å². The van der Waals surface area contributed by atoms with Crippen molar-refractivity contribution >= 4 is 20.9 Å². The zero-order chi connectivity index (χ0) is 12.9. The van der Waals surface area contributed by atoms with Crippen molar-refractivity contribution in [3.63, 3.8) is 0 Å². The lowest BCUT2D eigenvalue weighted by Gasteiger charge is -1.94. The fourth-order valence-corrected chi connectivity index (χ4v) is 1.16. The molecule has 0 aliphatic rings. The second kappa shape index (κ2) is 5.70. The summed E-state index contributed by atoms with van der Waals surface area (Å²) in [6.07, 6.45) is 0.618. The molecule has 0 spiro atoms. The van der Waals surface area contributed by atoms with Gasteiger partial charge in [0, 0.05) is 0 Å². The molecule has 2 aromatic rings. The number of rotatable bonds is 1. The Morgan fingerprint density at radius 3 is 2.12 bits per heavy atom. The second-order valence-electron chi connectivity index (χ2n) is 3.26. The minimum absolute atomic E-state index is 0.177. The molecule has 0 radical (unpaired) electrons. The average molecular weight is 260 g/mol. The van der Waals surface area contributed by atoms with Gasteiger partial charge in [-0.2, -0.15) is 8.42 Å². The van der Waals surface area contributed by atoms with Gasteiger partial charge in [0.15, 0.2) is 0 Å². The van der Waals surface area contributed by atoms with E-state index in [0.717, 1.165) is 10.8 Å². The van der Waals surface area contributed by atoms with E-state index in [2.05, 4.69) is 4.39 Å². The van der Waals surface area contributed by atoms with Crippen molar-refractivity contribution in [2.24, 2.45) is 0 Å². The molecule has 0 aliphatic heterocycles. The number of halogens is 2. The lowest BCUT2D eigenvalue weighted by atomic mass is 10.1. The topological polar surface area (TPSA) is 43.4 Å². The molecule has 2 rings (SSSR count). The summed E-state index contributed by atoms with van der Waals surface area (Å²) in [5, 5.41) is 2.03. The molecule has 2 aromatic carbocycles. The van der Waals surface area contributed by atoms with E-state index in [1.54, 1.807) is 6.07 Å². The van der Waals surface area contributed by atoms with Crippen LogP contribution in [0.3, 0.4) is 0 Å². The highest BCUT2D eigenvalue weighted by Gasteiger charge is 1.96. The Labute approximate surface area is 97.7 Å². The van der Waals surface area contributed by atoms with Gasteiger partial charge in [-0.1, -0.05) is 34.7 Å². The third-order valence-corrected chi connectivity index (χ3v) is 2.05. The molecule has 0 amide bonds. The van der Waals surface area contributed by atoms with Gasteiger partial charge >= 0.3 is 0 Å². The van der Waals surface area contributed by atoms with Crippen molar-refractivity contribution in [2.75, 3.05) is 6.26 Å². The van der Waals surface area contributed by atoms with E-state index in [4.69, 9.17) is 0 Å². The SMILES string of the molecule is CS(=O)(=O)OF.Fc1ccc2ccccc2c1. The van der Waals surface area contributed by atoms with Crippen LogP contribution >= 0.6 is 0 Å². The van der Waals surface area contributed by atoms with Gasteiger partial charge in [0.1, 0.15) is 5.82 Å². The molecule has 0 aliphatic carbocycles. The van der Waals surface area contributed by atoms with Crippen molar-refractivity contribution in [1.29, 1.82) is 0 Å². The Kier molecular flexibility index (Phi) is 4.53. The number of fused-ring (bicyclic) bond motifs is 1. The van der Waals surface area contributed by atoms with Gasteiger partial charge in [0.05, 0.1) is 6.26 Å². The van der Waals surface area contributed by atoms with Gasteiger partial charge in [-0.05, 0) is 27.4 Å². The molecular formula is C11H10F2O3S. The Morgan fingerprint density at radius 1 is 1.06 bits per heavy atom. The summed E-state index contributed by atoms with van der Waals surface area (Å²) in [4.78, 5) is 0. The van der Waals surface area contributed by atoms with Crippen LogP contribution in [0.4, 0.5) is 8.92 Å². The van der Waals surface area contributed by atoms with Crippen LogP contribution in [0.1, 0.15) is 0 Å². The molecule has 92 valence electrons. The zero-order valence-corrected chi connectivity index (χ0v) is 9.75. The molecule has 0 fully saturated rings. The van der Waals surface area contributed by atoms with Crippen LogP contribution in [0.2, 0.25) is 0 Å². The molecule has 6 heteroatoms. The minimum atomic E-state index is -3.83. The lowest BCUT2D eigenvalue weighted by Crippen LogP contribution is -1.92. The van der Waals surface area contributed by atoms with Crippen LogP contribution in [0, 0.1) is 5.82 Å². The molecule has 0 aromatic heterocycles. The molecule has 0 heterocycles. The zero-order valence-electron chi connectivity index (χ0n) is 8.93. The first kappa shape index (κ1) is 13.5. The molecule has 0 unspecified atom stereocenters. The first-order valence-electron chi connectivity index (χ1n) is 4.57. The molecular weight excluding hydrogens is 250 g/mol.